The number of hydrogen-bond acceptors (Lipinski definition) is 0. The zero-order chi connectivity index (χ0) is 54.3. The molecular formula is C64H50Cl4O4P4PtW-2. The third-order valence-corrected chi connectivity index (χ3v) is 16.8. The quantitative estimate of drug-likeness (QED) is 0.0478. The fraction of sp³-hybridized carbons (Fsp3) is 0.0312. The molecule has 0 fully saturated rings. The topological polar surface area (TPSA) is 79.6 Å². The van der Waals surface area contributed by atoms with E-state index in [9.17, 15) is 0 Å². The Bertz CT molecular complexity index is 2470. The van der Waals surface area contributed by atoms with Gasteiger partial charge in [0.15, 0.2) is 0 Å². The molecule has 0 radical (unpaired) electrons. The molecule has 4 nitrogen and oxygen atoms in total. The second kappa shape index (κ2) is 55.5. The zero-order valence-corrected chi connectivity index (χ0v) is 54.0. The Labute approximate surface area is 517 Å². The molecule has 0 unspecified atom stereocenters. The van der Waals surface area contributed by atoms with Gasteiger partial charge in [-0.3, -0.25) is 0 Å². The van der Waals surface area contributed by atoms with Gasteiger partial charge in [0.2, 0.25) is 0 Å². The van der Waals surface area contributed by atoms with Crippen LogP contribution in [0.15, 0.2) is 243 Å². The standard InChI is InChI=1S/2C28H20P2.2CH2Cl2.4CO.2CH3.Pt.W/c2*1-5-15-25(16-6-1)29(26-17-7-2-8-18-26)23-13-14-24-30(27-19-9-3-10-20-27)28-21-11-4-12-22-28;2*2-1-3;4*1-2;;;;/h2*1-12,15-22H;2*1H2;;;;;2*1H3;;/q;;;;;;;;2*-1;;. The number of benzene rings is 8. The summed E-state index contributed by atoms with van der Waals surface area (Å²) >= 11 is 19.1. The van der Waals surface area contributed by atoms with Crippen LogP contribution in [0.5, 0.6) is 0 Å². The van der Waals surface area contributed by atoms with Crippen molar-refractivity contribution in [2.24, 2.45) is 0 Å². The van der Waals surface area contributed by atoms with Crippen LogP contribution in [-0.2, 0) is 60.7 Å². The fourth-order valence-corrected chi connectivity index (χ4v) is 12.7. The summed E-state index contributed by atoms with van der Waals surface area (Å²) < 4.78 is 30.0. The molecule has 0 aliphatic carbocycles. The Morgan fingerprint density at radius 1 is 0.256 bits per heavy atom. The van der Waals surface area contributed by atoms with E-state index >= 15 is 0 Å². The molecule has 0 heterocycles. The largest absolute Gasteiger partial charge is 0.358 e. The van der Waals surface area contributed by atoms with E-state index in [0.29, 0.717) is 0 Å². The third-order valence-electron chi connectivity index (χ3n) is 8.91. The van der Waals surface area contributed by atoms with Crippen molar-refractivity contribution in [1.82, 2.24) is 0 Å². The molecule has 0 saturated carbocycles. The van der Waals surface area contributed by atoms with E-state index in [1.807, 2.05) is 48.5 Å². The average Bonchev–Trinajstić information content (AvgIpc) is 3.49. The minimum absolute atomic E-state index is 0. The summed E-state index contributed by atoms with van der Waals surface area (Å²) in [5.74, 6) is 12.7. The van der Waals surface area contributed by atoms with Crippen molar-refractivity contribution in [3.8, 4) is 46.3 Å². The van der Waals surface area contributed by atoms with E-state index in [0.717, 1.165) is 0 Å². The molecule has 8 rings (SSSR count). The first-order valence-electron chi connectivity index (χ1n) is 21.4. The van der Waals surface area contributed by atoms with Crippen LogP contribution in [-0.4, -0.2) is 10.7 Å². The molecule has 8 aromatic carbocycles. The molecule has 0 spiro atoms. The van der Waals surface area contributed by atoms with E-state index in [2.05, 4.69) is 267 Å². The van der Waals surface area contributed by atoms with Crippen molar-refractivity contribution in [2.75, 3.05) is 10.7 Å². The van der Waals surface area contributed by atoms with Crippen LogP contribution >= 0.6 is 78.1 Å². The van der Waals surface area contributed by atoms with Gasteiger partial charge in [-0.15, -0.1) is 46.4 Å². The van der Waals surface area contributed by atoms with Crippen molar-refractivity contribution >= 4 is 121 Å². The maximum atomic E-state index is 7.50. The van der Waals surface area contributed by atoms with Gasteiger partial charge in [-0.1, -0.05) is 265 Å². The fourth-order valence-electron chi connectivity index (χ4n) is 6.06. The predicted molar refractivity (Wildman–Crippen MR) is 329 cm³/mol. The molecule has 0 aliphatic rings. The Balaban J connectivity index is -0.000000548. The van der Waals surface area contributed by atoms with Crippen molar-refractivity contribution in [2.45, 2.75) is 0 Å². The number of halogens is 4. The minimum Gasteiger partial charge on any atom is -0.358 e. The Kier molecular flexibility index (Phi) is 56.7. The summed E-state index contributed by atoms with van der Waals surface area (Å²) in [7, 11) is -2.99. The van der Waals surface area contributed by atoms with Crippen LogP contribution in [0.1, 0.15) is 0 Å². The second-order valence-corrected chi connectivity index (χ2v) is 22.5. The van der Waals surface area contributed by atoms with Gasteiger partial charge in [-0.25, -0.2) is 0 Å². The van der Waals surface area contributed by atoms with Gasteiger partial charge < -0.3 is 14.9 Å². The molecule has 0 aromatic heterocycles. The summed E-state index contributed by atoms with van der Waals surface area (Å²) in [6.07, 6.45) is 0. The number of hydrogen-bond donors (Lipinski definition) is 0. The molecule has 14 heteroatoms. The predicted octanol–water partition coefficient (Wildman–Crippen LogP) is 13.9. The average molecular weight is 1530 g/mol. The van der Waals surface area contributed by atoms with Crippen molar-refractivity contribution < 1.29 is 60.7 Å². The third kappa shape index (κ3) is 31.7. The first-order chi connectivity index (χ1) is 36.7. The normalized spacial score (nSPS) is 8.31. The Hall–Kier alpha value is -4.78. The van der Waals surface area contributed by atoms with Crippen LogP contribution in [0.4, 0.5) is 0 Å². The van der Waals surface area contributed by atoms with Crippen LogP contribution < -0.4 is 42.4 Å². The van der Waals surface area contributed by atoms with Gasteiger partial charge >= 0.3 is 45.2 Å². The second-order valence-electron chi connectivity index (χ2n) is 13.2. The van der Waals surface area contributed by atoms with E-state index in [1.54, 1.807) is 0 Å². The van der Waals surface area contributed by atoms with Gasteiger partial charge in [0.25, 0.3) is 0 Å². The van der Waals surface area contributed by atoms with E-state index in [-0.39, 0.29) is 67.7 Å². The van der Waals surface area contributed by atoms with Gasteiger partial charge in [0.1, 0.15) is 0 Å². The van der Waals surface area contributed by atoms with Crippen LogP contribution in [0.3, 0.4) is 0 Å². The molecule has 8 aromatic rings. The van der Waals surface area contributed by atoms with Gasteiger partial charge in [0, 0.05) is 73.8 Å². The summed E-state index contributed by atoms with van der Waals surface area (Å²) in [4.78, 5) is 0. The molecule has 0 N–H and O–H groups in total. The van der Waals surface area contributed by atoms with Crippen molar-refractivity contribution in [3.63, 3.8) is 0 Å². The van der Waals surface area contributed by atoms with E-state index in [4.69, 9.17) is 65.0 Å². The molecule has 0 aliphatic heterocycles. The maximum absolute atomic E-state index is 7.50. The van der Waals surface area contributed by atoms with Crippen molar-refractivity contribution in [3.05, 3.63) is 284 Å². The summed E-state index contributed by atoms with van der Waals surface area (Å²) in [5.41, 5.74) is 13.8. The SMILES string of the molecule is C(C#CP(c1ccccc1)c1ccccc1)#CP(c1ccccc1)c1ccccc1.C(C#CP(c1ccccc1)c1ccccc1)#CP(c1ccccc1)c1ccccc1.ClCCl.ClCCl.[C-]#[O+].[C-]#[O+].[C-]#[O+].[C-]#[O+].[CH3-].[CH3-].[Pt].[W]. The Morgan fingerprint density at radius 3 is 0.436 bits per heavy atom. The zero-order valence-electron chi connectivity index (χ0n) is 42.2. The molecule has 396 valence electrons. The summed E-state index contributed by atoms with van der Waals surface area (Å²) in [5, 5.41) is 10.4. The van der Waals surface area contributed by atoms with Crippen LogP contribution in [0, 0.1) is 87.8 Å². The van der Waals surface area contributed by atoms with Crippen molar-refractivity contribution in [1.29, 1.82) is 0 Å². The molecule has 0 bridgehead atoms. The molecule has 0 atom stereocenters. The van der Waals surface area contributed by atoms with Gasteiger partial charge in [-0.05, 0) is 66.1 Å². The first kappa shape index (κ1) is 79.7. The summed E-state index contributed by atoms with van der Waals surface area (Å²) in [6.45, 7) is 18.0. The summed E-state index contributed by atoms with van der Waals surface area (Å²) in [6, 6.07) is 84.0. The van der Waals surface area contributed by atoms with E-state index in [1.165, 1.54) is 42.4 Å². The smallest absolute Gasteiger partial charge is 0 e. The minimum atomic E-state index is -0.747. The number of rotatable bonds is 8. The molecular weight excluding hydrogens is 1480 g/mol. The monoisotopic (exact) mass is 1530 g/mol. The Morgan fingerprint density at radius 2 is 0.346 bits per heavy atom. The molecule has 0 saturated heterocycles. The van der Waals surface area contributed by atoms with E-state index < -0.39 is 31.7 Å². The van der Waals surface area contributed by atoms with Crippen LogP contribution in [0.2, 0.25) is 0 Å². The number of alkyl halides is 4. The molecule has 78 heavy (non-hydrogen) atoms. The van der Waals surface area contributed by atoms with Gasteiger partial charge in [-0.2, -0.15) is 0 Å². The maximum Gasteiger partial charge on any atom is 0 e. The molecule has 0 amide bonds. The van der Waals surface area contributed by atoms with Crippen LogP contribution in [0.25, 0.3) is 0 Å². The first-order valence-corrected chi connectivity index (χ1v) is 28.9. The van der Waals surface area contributed by atoms with Gasteiger partial charge in [0.05, 0.1) is 10.7 Å².